The van der Waals surface area contributed by atoms with Gasteiger partial charge < -0.3 is 14.7 Å². The molecule has 1 aromatic carbocycles. The molecule has 2 heterocycles. The van der Waals surface area contributed by atoms with E-state index in [-0.39, 0.29) is 17.4 Å². The molecule has 0 bridgehead atoms. The van der Waals surface area contributed by atoms with Crippen molar-refractivity contribution in [3.05, 3.63) is 65.0 Å². The first-order valence-electron chi connectivity index (χ1n) is 9.88. The Balaban J connectivity index is 1.87. The van der Waals surface area contributed by atoms with E-state index < -0.39 is 17.7 Å². The number of benzene rings is 1. The maximum absolute atomic E-state index is 13.0. The van der Waals surface area contributed by atoms with Gasteiger partial charge in [-0.1, -0.05) is 18.9 Å². The van der Waals surface area contributed by atoms with E-state index in [2.05, 4.69) is 4.98 Å². The van der Waals surface area contributed by atoms with Crippen LogP contribution in [0.4, 0.5) is 0 Å². The molecule has 1 N–H and O–H groups in total. The predicted octanol–water partition coefficient (Wildman–Crippen LogP) is 3.76. The van der Waals surface area contributed by atoms with E-state index in [9.17, 15) is 14.7 Å². The molecule has 4 rings (SSSR count). The molecule has 2 aliphatic rings. The molecular weight excluding hydrogens is 368 g/mol. The number of carbonyl (C=O) groups excluding carboxylic acids is 2. The van der Waals surface area contributed by atoms with Crippen molar-refractivity contribution in [1.82, 2.24) is 9.88 Å². The number of Topliss-reactive ketones (excluding diaryl/α,β-unsaturated/α-hetero) is 1. The monoisotopic (exact) mass is 392 g/mol. The average Bonchev–Trinajstić information content (AvgIpc) is 3.35. The highest BCUT2D eigenvalue weighted by atomic mass is 16.5. The van der Waals surface area contributed by atoms with Gasteiger partial charge in [-0.15, -0.1) is 0 Å². The summed E-state index contributed by atoms with van der Waals surface area (Å²) in [6, 6.07) is 8.20. The highest BCUT2D eigenvalue weighted by Gasteiger charge is 2.49. The summed E-state index contributed by atoms with van der Waals surface area (Å²) >= 11 is 0. The lowest BCUT2D eigenvalue weighted by Gasteiger charge is -2.30. The maximum Gasteiger partial charge on any atom is 0.295 e. The zero-order valence-electron chi connectivity index (χ0n) is 16.6. The number of amides is 1. The standard InChI is InChI=1S/C23H24N2O4/c1-14-12-15(9-10-18(14)29-2)21(26)19-20(16-6-5-11-24-13-16)25(23(28)22(19)27)17-7-3-4-8-17/h5-6,9-13,17,20,26H,3-4,7-8H2,1-2H3/b21-19-. The minimum atomic E-state index is -0.642. The van der Waals surface area contributed by atoms with E-state index >= 15 is 0 Å². The van der Waals surface area contributed by atoms with Crippen LogP contribution in [-0.2, 0) is 9.59 Å². The van der Waals surface area contributed by atoms with Gasteiger partial charge in [-0.25, -0.2) is 0 Å². The average molecular weight is 392 g/mol. The van der Waals surface area contributed by atoms with Crippen molar-refractivity contribution in [1.29, 1.82) is 0 Å². The van der Waals surface area contributed by atoms with Gasteiger partial charge in [0.05, 0.1) is 18.7 Å². The van der Waals surface area contributed by atoms with Gasteiger partial charge >= 0.3 is 0 Å². The first-order chi connectivity index (χ1) is 14.0. The molecule has 1 aromatic heterocycles. The summed E-state index contributed by atoms with van der Waals surface area (Å²) < 4.78 is 5.28. The SMILES string of the molecule is COc1ccc(/C(O)=C2/C(=O)C(=O)N(C3CCCC3)C2c2cccnc2)cc1C. The summed E-state index contributed by atoms with van der Waals surface area (Å²) in [5.74, 6) is -0.658. The maximum atomic E-state index is 13.0. The number of hydrogen-bond acceptors (Lipinski definition) is 5. The number of aliphatic hydroxyl groups excluding tert-OH is 1. The van der Waals surface area contributed by atoms with E-state index in [0.29, 0.717) is 11.3 Å². The lowest BCUT2D eigenvalue weighted by Crippen LogP contribution is -2.37. The Morgan fingerprint density at radius 1 is 1.21 bits per heavy atom. The van der Waals surface area contributed by atoms with Crippen LogP contribution in [0, 0.1) is 6.92 Å². The van der Waals surface area contributed by atoms with Crippen LogP contribution in [0.25, 0.3) is 5.76 Å². The normalized spacial score (nSPS) is 21.7. The molecule has 150 valence electrons. The quantitative estimate of drug-likeness (QED) is 0.487. The second-order valence-electron chi connectivity index (χ2n) is 7.62. The molecule has 0 radical (unpaired) electrons. The Kier molecular flexibility index (Phi) is 5.09. The van der Waals surface area contributed by atoms with E-state index in [1.165, 1.54) is 0 Å². The van der Waals surface area contributed by atoms with Crippen LogP contribution in [0.5, 0.6) is 5.75 Å². The van der Waals surface area contributed by atoms with E-state index in [1.807, 2.05) is 13.0 Å². The molecule has 2 fully saturated rings. The molecule has 6 nitrogen and oxygen atoms in total. The summed E-state index contributed by atoms with van der Waals surface area (Å²) in [5.41, 5.74) is 2.17. The molecule has 1 saturated heterocycles. The van der Waals surface area contributed by atoms with Gasteiger partial charge in [0.25, 0.3) is 11.7 Å². The van der Waals surface area contributed by atoms with Gasteiger partial charge in [0.2, 0.25) is 0 Å². The molecule has 29 heavy (non-hydrogen) atoms. The summed E-state index contributed by atoms with van der Waals surface area (Å²) in [4.78, 5) is 31.8. The lowest BCUT2D eigenvalue weighted by atomic mass is 9.95. The van der Waals surface area contributed by atoms with Crippen molar-refractivity contribution in [2.75, 3.05) is 7.11 Å². The van der Waals surface area contributed by atoms with Crippen molar-refractivity contribution in [2.24, 2.45) is 0 Å². The van der Waals surface area contributed by atoms with Crippen molar-refractivity contribution >= 4 is 17.4 Å². The van der Waals surface area contributed by atoms with Crippen LogP contribution in [-0.4, -0.2) is 39.8 Å². The Labute approximate surface area is 169 Å². The zero-order valence-corrected chi connectivity index (χ0v) is 16.6. The molecule has 1 amide bonds. The first-order valence-corrected chi connectivity index (χ1v) is 9.88. The second-order valence-corrected chi connectivity index (χ2v) is 7.62. The highest BCUT2D eigenvalue weighted by molar-refractivity contribution is 6.46. The highest BCUT2D eigenvalue weighted by Crippen LogP contribution is 2.43. The zero-order chi connectivity index (χ0) is 20.5. The van der Waals surface area contributed by atoms with E-state index in [0.717, 1.165) is 36.8 Å². The summed E-state index contributed by atoms with van der Waals surface area (Å²) in [5, 5.41) is 11.1. The summed E-state index contributed by atoms with van der Waals surface area (Å²) in [6.45, 7) is 1.87. The van der Waals surface area contributed by atoms with E-state index in [4.69, 9.17) is 4.74 Å². The number of aryl methyl sites for hydroxylation is 1. The smallest absolute Gasteiger partial charge is 0.295 e. The number of likely N-dealkylation sites (tertiary alicyclic amines) is 1. The van der Waals surface area contributed by atoms with E-state index in [1.54, 1.807) is 48.7 Å². The number of pyridine rings is 1. The van der Waals surface area contributed by atoms with Crippen molar-refractivity contribution in [3.8, 4) is 5.75 Å². The van der Waals surface area contributed by atoms with Gasteiger partial charge in [0.15, 0.2) is 0 Å². The lowest BCUT2D eigenvalue weighted by molar-refractivity contribution is -0.141. The minimum absolute atomic E-state index is 0.000408. The Morgan fingerprint density at radius 2 is 1.97 bits per heavy atom. The molecular formula is C23H24N2O4. The third-order valence-electron chi connectivity index (χ3n) is 5.87. The number of nitrogens with zero attached hydrogens (tertiary/aromatic N) is 2. The fourth-order valence-electron chi connectivity index (χ4n) is 4.46. The van der Waals surface area contributed by atoms with Gasteiger partial charge in [-0.3, -0.25) is 14.6 Å². The number of methoxy groups -OCH3 is 1. The van der Waals surface area contributed by atoms with Gasteiger partial charge in [0, 0.05) is 24.0 Å². The number of carbonyl (C=O) groups is 2. The molecule has 1 aliphatic carbocycles. The number of rotatable bonds is 4. The van der Waals surface area contributed by atoms with Crippen molar-refractivity contribution in [2.45, 2.75) is 44.7 Å². The fraction of sp³-hybridized carbons (Fsp3) is 0.348. The van der Waals surface area contributed by atoms with Crippen LogP contribution in [0.3, 0.4) is 0 Å². The molecule has 1 unspecified atom stereocenters. The molecule has 1 saturated carbocycles. The Hall–Kier alpha value is -3.15. The predicted molar refractivity (Wildman–Crippen MR) is 108 cm³/mol. The Bertz CT molecular complexity index is 978. The van der Waals surface area contributed by atoms with Gasteiger partial charge in [-0.05, 0) is 55.2 Å². The number of aromatic nitrogens is 1. The minimum Gasteiger partial charge on any atom is -0.507 e. The van der Waals surface area contributed by atoms with Crippen molar-refractivity contribution in [3.63, 3.8) is 0 Å². The summed E-state index contributed by atoms with van der Waals surface area (Å²) in [6.07, 6.45) is 7.11. The van der Waals surface area contributed by atoms with Gasteiger partial charge in [-0.2, -0.15) is 0 Å². The third-order valence-corrected chi connectivity index (χ3v) is 5.87. The largest absolute Gasteiger partial charge is 0.507 e. The van der Waals surface area contributed by atoms with Crippen LogP contribution in [0.15, 0.2) is 48.3 Å². The summed E-state index contributed by atoms with van der Waals surface area (Å²) in [7, 11) is 1.58. The fourth-order valence-corrected chi connectivity index (χ4v) is 4.46. The van der Waals surface area contributed by atoms with Crippen LogP contribution < -0.4 is 4.74 Å². The topological polar surface area (TPSA) is 79.7 Å². The number of aliphatic hydroxyl groups is 1. The molecule has 6 heteroatoms. The molecule has 2 aromatic rings. The number of ketones is 1. The van der Waals surface area contributed by atoms with Gasteiger partial charge in [0.1, 0.15) is 11.5 Å². The number of hydrogen-bond donors (Lipinski definition) is 1. The van der Waals surface area contributed by atoms with Crippen LogP contribution in [0.2, 0.25) is 0 Å². The molecule has 1 atom stereocenters. The molecule has 1 aliphatic heterocycles. The second kappa shape index (κ2) is 7.70. The Morgan fingerprint density at radius 3 is 2.59 bits per heavy atom. The number of ether oxygens (including phenoxy) is 1. The molecule has 0 spiro atoms. The first kappa shape index (κ1) is 19.2. The third kappa shape index (κ3) is 3.28. The van der Waals surface area contributed by atoms with Crippen LogP contribution >= 0.6 is 0 Å². The van der Waals surface area contributed by atoms with Crippen LogP contribution in [0.1, 0.15) is 48.4 Å². The van der Waals surface area contributed by atoms with Crippen molar-refractivity contribution < 1.29 is 19.4 Å².